The summed E-state index contributed by atoms with van der Waals surface area (Å²) in [6.45, 7) is 2.26. The fraction of sp³-hybridized carbons (Fsp3) is 0.318. The Kier molecular flexibility index (Phi) is 4.93. The van der Waals surface area contributed by atoms with E-state index < -0.39 is 0 Å². The first-order chi connectivity index (χ1) is 11.3. The molecule has 0 saturated heterocycles. The zero-order valence-electron chi connectivity index (χ0n) is 13.8. The smallest absolute Gasteiger partial charge is 0.0991 e. The highest BCUT2D eigenvalue weighted by molar-refractivity contribution is 5.70. The van der Waals surface area contributed by atoms with E-state index in [4.69, 9.17) is 5.26 Å². The van der Waals surface area contributed by atoms with E-state index in [1.807, 2.05) is 24.3 Å². The molecule has 2 aromatic carbocycles. The summed E-state index contributed by atoms with van der Waals surface area (Å²) in [5.41, 5.74) is 5.92. The van der Waals surface area contributed by atoms with Crippen LogP contribution in [-0.4, -0.2) is 0 Å². The van der Waals surface area contributed by atoms with Gasteiger partial charge in [0.1, 0.15) is 0 Å². The SMILES string of the molecule is CCCCCC1C=Cc2cc(-c3ccc(C#N)cc3)ccc2C1. The van der Waals surface area contributed by atoms with Gasteiger partial charge in [0.05, 0.1) is 11.6 Å². The zero-order valence-corrected chi connectivity index (χ0v) is 13.8. The number of allylic oxidation sites excluding steroid dienone is 1. The predicted octanol–water partition coefficient (Wildman–Crippen LogP) is 5.99. The Morgan fingerprint density at radius 3 is 2.57 bits per heavy atom. The van der Waals surface area contributed by atoms with Crippen molar-refractivity contribution < 1.29 is 0 Å². The highest BCUT2D eigenvalue weighted by Crippen LogP contribution is 2.30. The molecule has 0 fully saturated rings. The molecular weight excluding hydrogens is 278 g/mol. The van der Waals surface area contributed by atoms with Gasteiger partial charge in [-0.1, -0.05) is 62.6 Å². The van der Waals surface area contributed by atoms with Crippen LogP contribution < -0.4 is 0 Å². The molecule has 1 nitrogen and oxygen atoms in total. The predicted molar refractivity (Wildman–Crippen MR) is 97.0 cm³/mol. The van der Waals surface area contributed by atoms with Crippen LogP contribution >= 0.6 is 0 Å². The lowest BCUT2D eigenvalue weighted by Gasteiger charge is -2.20. The molecule has 0 N–H and O–H groups in total. The molecule has 0 heterocycles. The number of nitriles is 1. The summed E-state index contributed by atoms with van der Waals surface area (Å²) < 4.78 is 0. The van der Waals surface area contributed by atoms with Gasteiger partial charge in [-0.05, 0) is 59.2 Å². The van der Waals surface area contributed by atoms with Crippen LogP contribution in [0.4, 0.5) is 0 Å². The molecule has 0 amide bonds. The maximum Gasteiger partial charge on any atom is 0.0991 e. The first-order valence-corrected chi connectivity index (χ1v) is 8.62. The highest BCUT2D eigenvalue weighted by atomic mass is 14.2. The number of benzene rings is 2. The van der Waals surface area contributed by atoms with E-state index in [2.05, 4.69) is 43.3 Å². The molecule has 1 aliphatic carbocycles. The Morgan fingerprint density at radius 1 is 1.04 bits per heavy atom. The van der Waals surface area contributed by atoms with Gasteiger partial charge in [0, 0.05) is 0 Å². The van der Waals surface area contributed by atoms with Gasteiger partial charge in [-0.25, -0.2) is 0 Å². The van der Waals surface area contributed by atoms with Crippen molar-refractivity contribution >= 4 is 6.08 Å². The molecule has 3 rings (SSSR count). The number of nitrogens with zero attached hydrogens (tertiary/aromatic N) is 1. The summed E-state index contributed by atoms with van der Waals surface area (Å²) in [7, 11) is 0. The molecule has 1 aliphatic rings. The molecule has 2 aromatic rings. The maximum absolute atomic E-state index is 8.90. The van der Waals surface area contributed by atoms with Crippen molar-refractivity contribution in [2.24, 2.45) is 5.92 Å². The molecule has 23 heavy (non-hydrogen) atoms. The molecule has 1 atom stereocenters. The standard InChI is InChI=1S/C22H23N/c1-2-3-4-5-17-6-11-22-15-21(13-12-20(22)14-17)19-9-7-18(16-23)8-10-19/h6-13,15,17H,2-5,14H2,1H3. The summed E-state index contributed by atoms with van der Waals surface area (Å²) >= 11 is 0. The molecule has 0 aromatic heterocycles. The van der Waals surface area contributed by atoms with Crippen LogP contribution in [0.25, 0.3) is 17.2 Å². The molecule has 0 aliphatic heterocycles. The molecule has 0 radical (unpaired) electrons. The maximum atomic E-state index is 8.90. The zero-order chi connectivity index (χ0) is 16.1. The first-order valence-electron chi connectivity index (χ1n) is 8.62. The van der Waals surface area contributed by atoms with Crippen molar-refractivity contribution in [1.82, 2.24) is 0 Å². The summed E-state index contributed by atoms with van der Waals surface area (Å²) in [5.74, 6) is 0.704. The van der Waals surface area contributed by atoms with Gasteiger partial charge in [0.25, 0.3) is 0 Å². The summed E-state index contributed by atoms with van der Waals surface area (Å²) in [5, 5.41) is 8.90. The minimum Gasteiger partial charge on any atom is -0.192 e. The van der Waals surface area contributed by atoms with Crippen molar-refractivity contribution in [2.45, 2.75) is 39.0 Å². The third-order valence-corrected chi connectivity index (χ3v) is 4.70. The van der Waals surface area contributed by atoms with Gasteiger partial charge in [0.15, 0.2) is 0 Å². The van der Waals surface area contributed by atoms with Crippen LogP contribution in [0, 0.1) is 17.2 Å². The lowest BCUT2D eigenvalue weighted by Crippen LogP contribution is -2.07. The number of unbranched alkanes of at least 4 members (excludes halogenated alkanes) is 2. The van der Waals surface area contributed by atoms with Crippen molar-refractivity contribution in [3.05, 3.63) is 65.2 Å². The molecule has 0 spiro atoms. The highest BCUT2D eigenvalue weighted by Gasteiger charge is 2.14. The fourth-order valence-corrected chi connectivity index (χ4v) is 3.30. The van der Waals surface area contributed by atoms with Crippen molar-refractivity contribution in [2.75, 3.05) is 0 Å². The largest absolute Gasteiger partial charge is 0.192 e. The minimum absolute atomic E-state index is 0.704. The van der Waals surface area contributed by atoms with Crippen LogP contribution in [0.5, 0.6) is 0 Å². The topological polar surface area (TPSA) is 23.8 Å². The Morgan fingerprint density at radius 2 is 1.83 bits per heavy atom. The van der Waals surface area contributed by atoms with E-state index in [1.165, 1.54) is 54.4 Å². The van der Waals surface area contributed by atoms with Gasteiger partial charge >= 0.3 is 0 Å². The average Bonchev–Trinajstić information content (AvgIpc) is 2.61. The number of hydrogen-bond acceptors (Lipinski definition) is 1. The summed E-state index contributed by atoms with van der Waals surface area (Å²) in [4.78, 5) is 0. The number of fused-ring (bicyclic) bond motifs is 1. The lowest BCUT2D eigenvalue weighted by atomic mass is 9.85. The molecule has 0 bridgehead atoms. The Balaban J connectivity index is 1.76. The Hall–Kier alpha value is -2.33. The quantitative estimate of drug-likeness (QED) is 0.622. The van der Waals surface area contributed by atoms with E-state index in [1.54, 1.807) is 0 Å². The van der Waals surface area contributed by atoms with E-state index >= 15 is 0 Å². The Bertz CT molecular complexity index is 732. The van der Waals surface area contributed by atoms with Crippen molar-refractivity contribution in [3.63, 3.8) is 0 Å². The summed E-state index contributed by atoms with van der Waals surface area (Å²) in [6.07, 6.45) is 11.1. The normalized spacial score (nSPS) is 15.9. The van der Waals surface area contributed by atoms with Gasteiger partial charge in [-0.2, -0.15) is 5.26 Å². The summed E-state index contributed by atoms with van der Waals surface area (Å²) in [6, 6.07) is 16.8. The van der Waals surface area contributed by atoms with Gasteiger partial charge in [-0.3, -0.25) is 0 Å². The van der Waals surface area contributed by atoms with E-state index in [9.17, 15) is 0 Å². The van der Waals surface area contributed by atoms with Crippen LogP contribution in [0.1, 0.15) is 49.3 Å². The number of rotatable bonds is 5. The lowest BCUT2D eigenvalue weighted by molar-refractivity contribution is 0.535. The van der Waals surface area contributed by atoms with Crippen LogP contribution in [-0.2, 0) is 6.42 Å². The second-order valence-electron chi connectivity index (χ2n) is 6.42. The van der Waals surface area contributed by atoms with Gasteiger partial charge in [0.2, 0.25) is 0 Å². The number of hydrogen-bond donors (Lipinski definition) is 0. The van der Waals surface area contributed by atoms with E-state index in [0.29, 0.717) is 11.5 Å². The molecular formula is C22H23N. The molecule has 1 unspecified atom stereocenters. The van der Waals surface area contributed by atoms with Gasteiger partial charge < -0.3 is 0 Å². The molecule has 1 heteroatoms. The third kappa shape index (κ3) is 3.71. The molecule has 0 saturated carbocycles. The monoisotopic (exact) mass is 301 g/mol. The van der Waals surface area contributed by atoms with Gasteiger partial charge in [-0.15, -0.1) is 0 Å². The van der Waals surface area contributed by atoms with Crippen LogP contribution in [0.2, 0.25) is 0 Å². The van der Waals surface area contributed by atoms with Crippen LogP contribution in [0.3, 0.4) is 0 Å². The fourth-order valence-electron chi connectivity index (χ4n) is 3.30. The van der Waals surface area contributed by atoms with E-state index in [0.717, 1.165) is 0 Å². The third-order valence-electron chi connectivity index (χ3n) is 4.70. The Labute approximate surface area is 139 Å². The van der Waals surface area contributed by atoms with E-state index in [-0.39, 0.29) is 0 Å². The van der Waals surface area contributed by atoms with Crippen molar-refractivity contribution in [1.29, 1.82) is 5.26 Å². The van der Waals surface area contributed by atoms with Crippen LogP contribution in [0.15, 0.2) is 48.5 Å². The second-order valence-corrected chi connectivity index (χ2v) is 6.42. The average molecular weight is 301 g/mol. The first kappa shape index (κ1) is 15.6. The minimum atomic E-state index is 0.704. The second kappa shape index (κ2) is 7.29. The molecule has 116 valence electrons. The van der Waals surface area contributed by atoms with Crippen molar-refractivity contribution in [3.8, 4) is 17.2 Å².